The molecule has 0 bridgehead atoms. The lowest BCUT2D eigenvalue weighted by molar-refractivity contribution is -0.133. The van der Waals surface area contributed by atoms with Crippen molar-refractivity contribution in [2.24, 2.45) is 25.7 Å². The number of hydrogen-bond acceptors (Lipinski definition) is 11. The molecule has 6 heterocycles. The topological polar surface area (TPSA) is 209 Å². The Morgan fingerprint density at radius 2 is 1.01 bits per heavy atom. The van der Waals surface area contributed by atoms with Crippen molar-refractivity contribution in [1.82, 2.24) is 47.2 Å². The summed E-state index contributed by atoms with van der Waals surface area (Å²) in [6.07, 6.45) is 10.8. The van der Waals surface area contributed by atoms with Gasteiger partial charge in [0.1, 0.15) is 11.6 Å². The molecule has 82 heavy (non-hydrogen) atoms. The second kappa shape index (κ2) is 27.2. The molecule has 19 heteroatoms. The quantitative estimate of drug-likeness (QED) is 0.0817. The molecule has 2 fully saturated rings. The number of methoxy groups -OCH3 is 2. The predicted molar refractivity (Wildman–Crippen MR) is 318 cm³/mol. The minimum atomic E-state index is -0.405. The molecule has 2 amide bonds. The third kappa shape index (κ3) is 13.8. The second-order valence-corrected chi connectivity index (χ2v) is 22.0. The zero-order chi connectivity index (χ0) is 57.9. The van der Waals surface area contributed by atoms with Crippen LogP contribution in [0.4, 0.5) is 0 Å². The number of nitrogens with two attached hydrogens (primary N) is 1. The van der Waals surface area contributed by atoms with Gasteiger partial charge in [-0.3, -0.25) is 37.4 Å². The molecule has 4 aromatic heterocycles. The number of fused-ring (bicyclic) bond motifs is 2. The van der Waals surface area contributed by atoms with Gasteiger partial charge in [-0.15, -0.1) is 0 Å². The zero-order valence-corrected chi connectivity index (χ0v) is 47.9. The third-order valence-corrected chi connectivity index (χ3v) is 16.0. The average Bonchev–Trinajstić information content (AvgIpc) is 4.16. The number of hydrogen-bond donors (Lipinski definition) is 1. The van der Waals surface area contributed by atoms with Gasteiger partial charge in [0, 0.05) is 136 Å². The van der Waals surface area contributed by atoms with Crippen molar-refractivity contribution < 1.29 is 19.1 Å². The van der Waals surface area contributed by atoms with E-state index in [2.05, 4.69) is 40.3 Å². The minimum absolute atomic E-state index is 0.0672. The fourth-order valence-corrected chi connectivity index (χ4v) is 11.6. The van der Waals surface area contributed by atoms with E-state index in [0.29, 0.717) is 50.5 Å². The van der Waals surface area contributed by atoms with Gasteiger partial charge in [-0.25, -0.2) is 19.6 Å². The Hall–Kier alpha value is -8.00. The van der Waals surface area contributed by atoms with Gasteiger partial charge in [-0.2, -0.15) is 0 Å². The number of rotatable bonds is 20. The van der Waals surface area contributed by atoms with E-state index < -0.39 is 5.69 Å². The molecule has 0 saturated carbocycles. The van der Waals surface area contributed by atoms with Crippen LogP contribution in [0.5, 0.6) is 0 Å². The molecule has 0 unspecified atom stereocenters. The van der Waals surface area contributed by atoms with Crippen LogP contribution in [0.15, 0.2) is 141 Å². The summed E-state index contributed by atoms with van der Waals surface area (Å²) in [7, 11) is 6.37. The van der Waals surface area contributed by atoms with E-state index in [1.54, 1.807) is 14.2 Å². The van der Waals surface area contributed by atoms with E-state index in [1.165, 1.54) is 47.8 Å². The van der Waals surface area contributed by atoms with Gasteiger partial charge in [0.15, 0.2) is 0 Å². The summed E-state index contributed by atoms with van der Waals surface area (Å²) in [6, 6.07) is 34.1. The zero-order valence-electron chi connectivity index (χ0n) is 47.9. The molecule has 2 saturated heterocycles. The monoisotopic (exact) mass is 1120 g/mol. The molecular weight excluding hydrogens is 1040 g/mol. The Balaban J connectivity index is 0.000000198. The van der Waals surface area contributed by atoms with Crippen LogP contribution >= 0.6 is 0 Å². The third-order valence-electron chi connectivity index (χ3n) is 16.0. The maximum Gasteiger partial charge on any atom is 0.335 e. The first-order valence-corrected chi connectivity index (χ1v) is 28.7. The number of carbonyl (C=O) groups is 2. The second-order valence-electron chi connectivity index (χ2n) is 22.0. The van der Waals surface area contributed by atoms with E-state index >= 15 is 0 Å². The lowest BCUT2D eigenvalue weighted by Crippen LogP contribution is -2.42. The SMILES string of the molecule is COCCCn1c([C@@H]2CCCN(C(=O)C[C@H](C)Cc3ccc(-n4ccc(=O)n(C)c4=O)cc3)C2)nc2ccccc21.COCCCn1c([C@@H]2CCCN(C(=O)C[C@H](N)Cc3ccc(-n4ccc(=O)n(C)c4=O)cc3)C2)nc2ccccc21. The first-order valence-electron chi connectivity index (χ1n) is 28.7. The molecule has 0 radical (unpaired) electrons. The molecule has 8 aromatic rings. The molecule has 2 aliphatic rings. The summed E-state index contributed by atoms with van der Waals surface area (Å²) in [6.45, 7) is 8.03. The lowest BCUT2D eigenvalue weighted by Gasteiger charge is -2.33. The molecule has 19 nitrogen and oxygen atoms in total. The average molecular weight is 1120 g/mol. The van der Waals surface area contributed by atoms with Crippen LogP contribution in [-0.2, 0) is 59.1 Å². The smallest absolute Gasteiger partial charge is 0.335 e. The highest BCUT2D eigenvalue weighted by atomic mass is 16.5. The molecule has 0 spiro atoms. The molecule has 2 aliphatic heterocycles. The maximum absolute atomic E-state index is 13.4. The molecule has 4 atom stereocenters. The number of piperidine rings is 2. The van der Waals surface area contributed by atoms with Gasteiger partial charge in [0.2, 0.25) is 11.8 Å². The van der Waals surface area contributed by atoms with Gasteiger partial charge in [-0.05, 0) is 117 Å². The van der Waals surface area contributed by atoms with Crippen LogP contribution in [0.3, 0.4) is 0 Å². The number of ether oxygens (including phenoxy) is 2. The first-order chi connectivity index (χ1) is 39.7. The number of amides is 2. The highest BCUT2D eigenvalue weighted by Crippen LogP contribution is 2.32. The summed E-state index contributed by atoms with van der Waals surface area (Å²) in [5.74, 6) is 2.94. The Bertz CT molecular complexity index is 3480. The van der Waals surface area contributed by atoms with E-state index in [0.717, 1.165) is 125 Å². The van der Waals surface area contributed by atoms with Crippen molar-refractivity contribution in [3.63, 3.8) is 0 Å². The number of carbonyl (C=O) groups excluding carboxylic acids is 2. The van der Waals surface area contributed by atoms with Crippen LogP contribution in [0.1, 0.15) is 92.9 Å². The number of benzene rings is 4. The van der Waals surface area contributed by atoms with Crippen LogP contribution < -0.4 is 28.2 Å². The molecule has 10 rings (SSSR count). The van der Waals surface area contributed by atoms with Gasteiger partial charge in [-0.1, -0.05) is 55.5 Å². The van der Waals surface area contributed by atoms with Crippen molar-refractivity contribution in [3.05, 3.63) is 186 Å². The molecule has 2 N–H and O–H groups in total. The van der Waals surface area contributed by atoms with E-state index in [4.69, 9.17) is 25.2 Å². The number of aromatic nitrogens is 8. The molecular formula is C63H77N11O8. The van der Waals surface area contributed by atoms with Gasteiger partial charge >= 0.3 is 11.4 Å². The standard InChI is InChI=1S/C32H39N5O4.C31H38N6O4/c1-23(20-24-11-13-26(14-12-24)36-18-15-29(38)34(2)32(36)40)21-30(39)35-16-6-8-25(22-35)31-33-27-9-4-5-10-28(27)37(31)17-7-19-41-3;1-34-28(38)14-17-36(31(34)40)25-12-10-22(11-13-25)19-24(32)20-29(39)35-15-5-7-23(21-35)30-33-26-8-3-4-9-27(26)37(30)16-6-18-41-2/h4-5,9-15,18,23,25H,6-8,16-17,19-22H2,1-3H3;3-4,8-14,17,23-24H,5-7,15-16,18-21,32H2,1-2H3/t23-,25-;23-,24-/m11/s1. The van der Waals surface area contributed by atoms with Crippen molar-refractivity contribution in [3.8, 4) is 11.4 Å². The highest BCUT2D eigenvalue weighted by molar-refractivity contribution is 5.79. The number of nitrogens with zero attached hydrogens (tertiary/aromatic N) is 10. The summed E-state index contributed by atoms with van der Waals surface area (Å²) >= 11 is 0. The fourth-order valence-electron chi connectivity index (χ4n) is 11.6. The van der Waals surface area contributed by atoms with Crippen molar-refractivity contribution >= 4 is 33.9 Å². The predicted octanol–water partition coefficient (Wildman–Crippen LogP) is 6.49. The Labute approximate surface area is 477 Å². The summed E-state index contributed by atoms with van der Waals surface area (Å²) < 4.78 is 20.2. The number of likely N-dealkylation sites (tertiary alicyclic amines) is 2. The van der Waals surface area contributed by atoms with Crippen LogP contribution in [0.2, 0.25) is 0 Å². The number of imidazole rings is 2. The van der Waals surface area contributed by atoms with E-state index in [-0.39, 0.29) is 58.8 Å². The van der Waals surface area contributed by atoms with E-state index in [1.807, 2.05) is 82.6 Å². The highest BCUT2D eigenvalue weighted by Gasteiger charge is 2.31. The van der Waals surface area contributed by atoms with Crippen LogP contribution in [0.25, 0.3) is 33.4 Å². The van der Waals surface area contributed by atoms with E-state index in [9.17, 15) is 28.8 Å². The first kappa shape index (κ1) is 58.6. The van der Waals surface area contributed by atoms with Crippen LogP contribution in [0, 0.1) is 5.92 Å². The number of aryl methyl sites for hydroxylation is 2. The molecule has 432 valence electrons. The van der Waals surface area contributed by atoms with Gasteiger partial charge in [0.25, 0.3) is 11.1 Å². The summed E-state index contributed by atoms with van der Waals surface area (Å²) in [5, 5.41) is 0. The summed E-state index contributed by atoms with van der Waals surface area (Å²) in [5.41, 5.74) is 12.7. The largest absolute Gasteiger partial charge is 0.385 e. The molecule has 4 aromatic carbocycles. The summed E-state index contributed by atoms with van der Waals surface area (Å²) in [4.78, 5) is 88.9. The van der Waals surface area contributed by atoms with Gasteiger partial charge in [0.05, 0.1) is 33.4 Å². The Morgan fingerprint density at radius 1 is 0.585 bits per heavy atom. The minimum Gasteiger partial charge on any atom is -0.385 e. The van der Waals surface area contributed by atoms with Crippen molar-refractivity contribution in [1.29, 1.82) is 0 Å². The van der Waals surface area contributed by atoms with Crippen molar-refractivity contribution in [2.75, 3.05) is 53.6 Å². The fraction of sp³-hybridized carbons (Fsp3) is 0.429. The Kier molecular flexibility index (Phi) is 19.4. The maximum atomic E-state index is 13.4. The van der Waals surface area contributed by atoms with Crippen LogP contribution in [-0.4, -0.2) is 119 Å². The number of para-hydroxylation sites is 4. The molecule has 0 aliphatic carbocycles. The van der Waals surface area contributed by atoms with Gasteiger partial charge < -0.3 is 34.1 Å². The van der Waals surface area contributed by atoms with Crippen molar-refractivity contribution in [2.45, 2.75) is 102 Å². The lowest BCUT2D eigenvalue weighted by atomic mass is 9.94. The normalized spacial score (nSPS) is 16.3. The Morgan fingerprint density at radius 3 is 1.46 bits per heavy atom.